The van der Waals surface area contributed by atoms with E-state index in [0.29, 0.717) is 5.92 Å². The molecule has 0 radical (unpaired) electrons. The van der Waals surface area contributed by atoms with Gasteiger partial charge in [-0.3, -0.25) is 0 Å². The average Bonchev–Trinajstić information content (AvgIpc) is 1.94. The lowest BCUT2D eigenvalue weighted by Crippen LogP contribution is -2.22. The normalized spacial score (nSPS) is 32.0. The van der Waals surface area contributed by atoms with Crippen molar-refractivity contribution in [3.8, 4) is 0 Å². The van der Waals surface area contributed by atoms with Crippen LogP contribution in [0.15, 0.2) is 24.3 Å². The largest absolute Gasteiger partial charge is 0.389 e. The number of aliphatic hydroxyl groups is 1. The predicted octanol–water partition coefficient (Wildman–Crippen LogP) is 2.28. The molecular formula is C10H16O. The molecular weight excluding hydrogens is 136 g/mol. The first kappa shape index (κ1) is 8.54. The molecule has 0 aromatic heterocycles. The highest BCUT2D eigenvalue weighted by molar-refractivity contribution is 5.11. The van der Waals surface area contributed by atoms with Gasteiger partial charge in [-0.05, 0) is 37.7 Å². The highest BCUT2D eigenvalue weighted by Gasteiger charge is 2.22. The molecule has 1 aliphatic rings. The third-order valence-corrected chi connectivity index (χ3v) is 2.49. The van der Waals surface area contributed by atoms with Gasteiger partial charge in [-0.1, -0.05) is 18.7 Å². The van der Waals surface area contributed by atoms with Crippen molar-refractivity contribution in [3.63, 3.8) is 0 Å². The highest BCUT2D eigenvalue weighted by atomic mass is 16.3. The molecule has 1 rings (SSSR count). The van der Waals surface area contributed by atoms with E-state index in [0.717, 1.165) is 24.8 Å². The van der Waals surface area contributed by atoms with E-state index in [2.05, 4.69) is 13.2 Å². The van der Waals surface area contributed by atoms with E-state index < -0.39 is 0 Å². The van der Waals surface area contributed by atoms with Gasteiger partial charge in [0.2, 0.25) is 0 Å². The van der Waals surface area contributed by atoms with Crippen molar-refractivity contribution in [2.24, 2.45) is 5.92 Å². The Morgan fingerprint density at radius 3 is 2.73 bits per heavy atom. The second-order valence-corrected chi connectivity index (χ2v) is 3.49. The van der Waals surface area contributed by atoms with Crippen molar-refractivity contribution in [1.82, 2.24) is 0 Å². The monoisotopic (exact) mass is 152 g/mol. The summed E-state index contributed by atoms with van der Waals surface area (Å²) in [7, 11) is 0. The van der Waals surface area contributed by atoms with Gasteiger partial charge in [-0.15, -0.1) is 0 Å². The number of hydrogen-bond donors (Lipinski definition) is 1. The minimum Gasteiger partial charge on any atom is -0.389 e. The van der Waals surface area contributed by atoms with E-state index in [-0.39, 0.29) is 6.10 Å². The van der Waals surface area contributed by atoms with Gasteiger partial charge >= 0.3 is 0 Å². The predicted molar refractivity (Wildman–Crippen MR) is 47.3 cm³/mol. The summed E-state index contributed by atoms with van der Waals surface area (Å²) in [6.45, 7) is 9.74. The molecule has 0 spiro atoms. The lowest BCUT2D eigenvalue weighted by molar-refractivity contribution is 0.159. The molecule has 1 fully saturated rings. The lowest BCUT2D eigenvalue weighted by atomic mass is 9.81. The lowest BCUT2D eigenvalue weighted by Gasteiger charge is -2.27. The molecule has 1 heteroatoms. The Bertz CT molecular complexity index is 181. The van der Waals surface area contributed by atoms with Crippen LogP contribution in [-0.4, -0.2) is 11.2 Å². The molecule has 1 aliphatic carbocycles. The number of allylic oxidation sites excluding steroid dienone is 1. The second-order valence-electron chi connectivity index (χ2n) is 3.49. The molecule has 1 saturated carbocycles. The standard InChI is InChI=1S/C10H16O/c1-7(2)9-5-4-8(3)10(11)6-9/h9-11H,1,3-6H2,2H3/t9-,10+/m1/s1. The summed E-state index contributed by atoms with van der Waals surface area (Å²) in [6, 6.07) is 0. The van der Waals surface area contributed by atoms with Crippen molar-refractivity contribution in [2.75, 3.05) is 0 Å². The van der Waals surface area contributed by atoms with Crippen LogP contribution < -0.4 is 0 Å². The van der Waals surface area contributed by atoms with Crippen LogP contribution in [0.3, 0.4) is 0 Å². The summed E-state index contributed by atoms with van der Waals surface area (Å²) < 4.78 is 0. The molecule has 0 saturated heterocycles. The van der Waals surface area contributed by atoms with E-state index in [4.69, 9.17) is 0 Å². The molecule has 1 nitrogen and oxygen atoms in total. The topological polar surface area (TPSA) is 20.2 Å². The molecule has 0 aliphatic heterocycles. The van der Waals surface area contributed by atoms with E-state index in [1.54, 1.807) is 0 Å². The molecule has 0 bridgehead atoms. The van der Waals surface area contributed by atoms with Gasteiger partial charge < -0.3 is 5.11 Å². The molecule has 1 N–H and O–H groups in total. The summed E-state index contributed by atoms with van der Waals surface area (Å²) in [5, 5.41) is 9.46. The van der Waals surface area contributed by atoms with Crippen molar-refractivity contribution in [1.29, 1.82) is 0 Å². The van der Waals surface area contributed by atoms with Crippen molar-refractivity contribution < 1.29 is 5.11 Å². The molecule has 62 valence electrons. The molecule has 0 unspecified atom stereocenters. The molecule has 11 heavy (non-hydrogen) atoms. The Morgan fingerprint density at radius 2 is 2.27 bits per heavy atom. The number of aliphatic hydroxyl groups excluding tert-OH is 1. The molecule has 2 atom stereocenters. The summed E-state index contributed by atoms with van der Waals surface area (Å²) in [6.07, 6.45) is 2.61. The Balaban J connectivity index is 2.52. The van der Waals surface area contributed by atoms with E-state index >= 15 is 0 Å². The van der Waals surface area contributed by atoms with Crippen LogP contribution in [0.2, 0.25) is 0 Å². The molecule has 0 aromatic carbocycles. The van der Waals surface area contributed by atoms with Gasteiger partial charge in [0.15, 0.2) is 0 Å². The number of hydrogen-bond acceptors (Lipinski definition) is 1. The van der Waals surface area contributed by atoms with Gasteiger partial charge in [-0.25, -0.2) is 0 Å². The number of rotatable bonds is 1. The van der Waals surface area contributed by atoms with E-state index in [9.17, 15) is 5.11 Å². The maximum absolute atomic E-state index is 9.46. The van der Waals surface area contributed by atoms with Crippen molar-refractivity contribution in [2.45, 2.75) is 32.3 Å². The van der Waals surface area contributed by atoms with Crippen LogP contribution >= 0.6 is 0 Å². The van der Waals surface area contributed by atoms with Gasteiger partial charge in [0.1, 0.15) is 0 Å². The van der Waals surface area contributed by atoms with E-state index in [1.165, 1.54) is 5.57 Å². The Hall–Kier alpha value is -0.560. The SMILES string of the molecule is C=C(C)[C@@H]1CCC(=C)[C@@H](O)C1. The molecule has 0 heterocycles. The summed E-state index contributed by atoms with van der Waals surface area (Å²) in [5.41, 5.74) is 2.18. The minimum absolute atomic E-state index is 0.287. The minimum atomic E-state index is -0.287. The van der Waals surface area contributed by atoms with Gasteiger partial charge in [0, 0.05) is 0 Å². The zero-order valence-corrected chi connectivity index (χ0v) is 7.14. The van der Waals surface area contributed by atoms with Crippen molar-refractivity contribution >= 4 is 0 Å². The van der Waals surface area contributed by atoms with E-state index in [1.807, 2.05) is 6.92 Å². The van der Waals surface area contributed by atoms with Crippen LogP contribution in [0, 0.1) is 5.92 Å². The van der Waals surface area contributed by atoms with Gasteiger partial charge in [-0.2, -0.15) is 0 Å². The van der Waals surface area contributed by atoms with Crippen LogP contribution in [-0.2, 0) is 0 Å². The first-order chi connectivity index (χ1) is 5.11. The van der Waals surface area contributed by atoms with Crippen LogP contribution in [0.5, 0.6) is 0 Å². The van der Waals surface area contributed by atoms with Crippen molar-refractivity contribution in [3.05, 3.63) is 24.3 Å². The first-order valence-corrected chi connectivity index (χ1v) is 4.12. The summed E-state index contributed by atoms with van der Waals surface area (Å²) >= 11 is 0. The average molecular weight is 152 g/mol. The van der Waals surface area contributed by atoms with Crippen LogP contribution in [0.1, 0.15) is 26.2 Å². The molecule has 0 amide bonds. The summed E-state index contributed by atoms with van der Waals surface area (Å²) in [5.74, 6) is 0.510. The highest BCUT2D eigenvalue weighted by Crippen LogP contribution is 2.31. The maximum Gasteiger partial charge on any atom is 0.0753 e. The van der Waals surface area contributed by atoms with Gasteiger partial charge in [0.25, 0.3) is 0 Å². The fraction of sp³-hybridized carbons (Fsp3) is 0.600. The fourth-order valence-electron chi connectivity index (χ4n) is 1.53. The zero-order chi connectivity index (χ0) is 8.43. The van der Waals surface area contributed by atoms with Gasteiger partial charge in [0.05, 0.1) is 6.10 Å². The third kappa shape index (κ3) is 1.93. The Kier molecular flexibility index (Phi) is 2.50. The first-order valence-electron chi connectivity index (χ1n) is 4.12. The zero-order valence-electron chi connectivity index (χ0n) is 7.14. The molecule has 0 aromatic rings. The smallest absolute Gasteiger partial charge is 0.0753 e. The summed E-state index contributed by atoms with van der Waals surface area (Å²) in [4.78, 5) is 0. The van der Waals surface area contributed by atoms with Crippen LogP contribution in [0.25, 0.3) is 0 Å². The third-order valence-electron chi connectivity index (χ3n) is 2.49. The second kappa shape index (κ2) is 3.22. The fourth-order valence-corrected chi connectivity index (χ4v) is 1.53. The Labute approximate surface area is 68.4 Å². The maximum atomic E-state index is 9.46. The quantitative estimate of drug-likeness (QED) is 0.571. The Morgan fingerprint density at radius 1 is 1.64 bits per heavy atom. The van der Waals surface area contributed by atoms with Crippen LogP contribution in [0.4, 0.5) is 0 Å².